The second-order valence-corrected chi connectivity index (χ2v) is 17.7. The highest BCUT2D eigenvalue weighted by Crippen LogP contribution is 2.35. The number of aromatic nitrogens is 2. The molecule has 0 radical (unpaired) electrons. The largest absolute Gasteiger partial charge is 0.444 e. The van der Waals surface area contributed by atoms with E-state index in [4.69, 9.17) is 23.9 Å². The number of imidazole rings is 1. The lowest BCUT2D eigenvalue weighted by molar-refractivity contribution is 0.00859. The Balaban J connectivity index is 1.91. The quantitative estimate of drug-likeness (QED) is 0.325. The lowest BCUT2D eigenvalue weighted by Gasteiger charge is -2.28. The van der Waals surface area contributed by atoms with Crippen molar-refractivity contribution in [2.45, 2.75) is 77.4 Å². The van der Waals surface area contributed by atoms with Gasteiger partial charge in [-0.05, 0) is 26.8 Å². The zero-order chi connectivity index (χ0) is 27.2. The Morgan fingerprint density at radius 2 is 1.84 bits per heavy atom. The minimum Gasteiger partial charge on any atom is -0.444 e. The SMILES string of the molecule is Bc1ccc(-c2cn(COCC[Si](C)(C)C)c([C@@H]3C[C@H](OCCOC)CN3C(=O)OC(C)(C)C)n2)cc1. The molecule has 2 atom stereocenters. The normalized spacial score (nSPS) is 18.4. The molecule has 0 N–H and O–H groups in total. The summed E-state index contributed by atoms with van der Waals surface area (Å²) in [7, 11) is 2.52. The summed E-state index contributed by atoms with van der Waals surface area (Å²) in [4.78, 5) is 20.1. The minimum absolute atomic E-state index is 0.131. The first-order chi connectivity index (χ1) is 17.4. The van der Waals surface area contributed by atoms with E-state index in [-0.39, 0.29) is 18.2 Å². The molecular weight excluding hydrogens is 485 g/mol. The first kappa shape index (κ1) is 29.4. The molecule has 1 aromatic heterocycles. The topological polar surface area (TPSA) is 75.1 Å². The van der Waals surface area contributed by atoms with Crippen LogP contribution in [0.3, 0.4) is 0 Å². The predicted octanol–water partition coefficient (Wildman–Crippen LogP) is 3.83. The summed E-state index contributed by atoms with van der Waals surface area (Å²) < 4.78 is 25.1. The second-order valence-electron chi connectivity index (χ2n) is 12.0. The van der Waals surface area contributed by atoms with Crippen LogP contribution in [0.2, 0.25) is 25.7 Å². The van der Waals surface area contributed by atoms with Gasteiger partial charge in [-0.15, -0.1) is 0 Å². The number of amides is 1. The number of carbonyl (C=O) groups excluding carboxylic acids is 1. The van der Waals surface area contributed by atoms with E-state index < -0.39 is 13.7 Å². The standard InChI is InChI=1S/C27H44BN3O5Si/c1-27(2,3)36-26(32)31-17-22(35-13-12-33-4)16-24(31)25-29-23(20-8-10-21(28)11-9-20)18-30(25)19-34-14-15-37(5,6)7/h8-11,18,22,24H,12-17,19,28H2,1-7H3/t22-,24-/m0/s1. The number of ether oxygens (including phenoxy) is 4. The number of rotatable bonds is 11. The Bertz CT molecular complexity index is 1020. The van der Waals surface area contributed by atoms with Gasteiger partial charge in [-0.25, -0.2) is 9.78 Å². The highest BCUT2D eigenvalue weighted by Gasteiger charge is 2.41. The highest BCUT2D eigenvalue weighted by molar-refractivity contribution is 6.76. The fourth-order valence-electron chi connectivity index (χ4n) is 4.19. The molecular formula is C27H44BN3O5Si. The van der Waals surface area contributed by atoms with E-state index in [1.807, 2.05) is 31.5 Å². The summed E-state index contributed by atoms with van der Waals surface area (Å²) in [6.07, 6.45) is 2.17. The number of methoxy groups -OCH3 is 1. The van der Waals surface area contributed by atoms with Crippen molar-refractivity contribution in [3.05, 3.63) is 36.3 Å². The molecule has 1 saturated heterocycles. The van der Waals surface area contributed by atoms with Gasteiger partial charge in [-0.1, -0.05) is 49.4 Å². The molecule has 0 aliphatic carbocycles. The van der Waals surface area contributed by atoms with Gasteiger partial charge in [0.1, 0.15) is 26.0 Å². The van der Waals surface area contributed by atoms with E-state index in [1.54, 1.807) is 12.0 Å². The van der Waals surface area contributed by atoms with E-state index in [0.717, 1.165) is 23.1 Å². The van der Waals surface area contributed by atoms with Gasteiger partial charge in [0.05, 0.1) is 37.6 Å². The van der Waals surface area contributed by atoms with Gasteiger partial charge in [-0.3, -0.25) is 4.90 Å². The molecule has 8 nitrogen and oxygen atoms in total. The van der Waals surface area contributed by atoms with Crippen molar-refractivity contribution in [2.24, 2.45) is 0 Å². The van der Waals surface area contributed by atoms with Crippen LogP contribution in [-0.2, 0) is 25.7 Å². The third kappa shape index (κ3) is 8.98. The second kappa shape index (κ2) is 12.6. The Morgan fingerprint density at radius 3 is 2.46 bits per heavy atom. The van der Waals surface area contributed by atoms with Crippen LogP contribution in [0.1, 0.15) is 39.1 Å². The fourth-order valence-corrected chi connectivity index (χ4v) is 4.94. The maximum absolute atomic E-state index is 13.3. The molecule has 1 fully saturated rings. The van der Waals surface area contributed by atoms with E-state index in [9.17, 15) is 4.79 Å². The van der Waals surface area contributed by atoms with Crippen molar-refractivity contribution in [2.75, 3.05) is 33.5 Å². The van der Waals surface area contributed by atoms with Crippen LogP contribution in [0.4, 0.5) is 4.79 Å². The van der Waals surface area contributed by atoms with Gasteiger partial charge in [0.15, 0.2) is 0 Å². The maximum atomic E-state index is 13.3. The van der Waals surface area contributed by atoms with E-state index in [1.165, 1.54) is 5.46 Å². The Labute approximate surface area is 224 Å². The number of likely N-dealkylation sites (tertiary alicyclic amines) is 1. The van der Waals surface area contributed by atoms with Crippen LogP contribution in [0, 0.1) is 0 Å². The Kier molecular flexibility index (Phi) is 10.0. The molecule has 0 bridgehead atoms. The van der Waals surface area contributed by atoms with Crippen LogP contribution >= 0.6 is 0 Å². The van der Waals surface area contributed by atoms with Crippen molar-refractivity contribution in [1.82, 2.24) is 14.5 Å². The predicted molar refractivity (Wildman–Crippen MR) is 152 cm³/mol. The lowest BCUT2D eigenvalue weighted by Crippen LogP contribution is -2.38. The molecule has 0 spiro atoms. The van der Waals surface area contributed by atoms with E-state index >= 15 is 0 Å². The third-order valence-electron chi connectivity index (χ3n) is 6.21. The van der Waals surface area contributed by atoms with E-state index in [0.29, 0.717) is 39.5 Å². The summed E-state index contributed by atoms with van der Waals surface area (Å²) in [6, 6.07) is 9.12. The lowest BCUT2D eigenvalue weighted by atomic mass is 9.95. The molecule has 204 valence electrons. The molecule has 1 amide bonds. The van der Waals surface area contributed by atoms with Gasteiger partial charge in [0.2, 0.25) is 0 Å². The summed E-state index contributed by atoms with van der Waals surface area (Å²) >= 11 is 0. The van der Waals surface area contributed by atoms with Crippen LogP contribution in [0.15, 0.2) is 30.5 Å². The summed E-state index contributed by atoms with van der Waals surface area (Å²) in [5, 5.41) is 0. The van der Waals surface area contributed by atoms with Crippen molar-refractivity contribution >= 4 is 27.5 Å². The smallest absolute Gasteiger partial charge is 0.411 e. The fraction of sp³-hybridized carbons (Fsp3) is 0.630. The average molecular weight is 530 g/mol. The molecule has 10 heteroatoms. The highest BCUT2D eigenvalue weighted by atomic mass is 28.3. The average Bonchev–Trinajstić information content (AvgIpc) is 3.40. The van der Waals surface area contributed by atoms with Crippen molar-refractivity contribution < 1.29 is 23.7 Å². The summed E-state index contributed by atoms with van der Waals surface area (Å²) in [5.74, 6) is 0.785. The van der Waals surface area contributed by atoms with Gasteiger partial charge in [-0.2, -0.15) is 0 Å². The van der Waals surface area contributed by atoms with Gasteiger partial charge < -0.3 is 23.5 Å². The zero-order valence-corrected chi connectivity index (χ0v) is 24.9. The van der Waals surface area contributed by atoms with Crippen molar-refractivity contribution in [3.8, 4) is 11.3 Å². The van der Waals surface area contributed by atoms with Gasteiger partial charge in [0, 0.05) is 40.0 Å². The monoisotopic (exact) mass is 529 g/mol. The molecule has 3 rings (SSSR count). The number of benzene rings is 1. The summed E-state index contributed by atoms with van der Waals surface area (Å²) in [6.45, 7) is 15.2. The first-order valence-electron chi connectivity index (χ1n) is 13.2. The molecule has 2 aromatic rings. The molecule has 0 unspecified atom stereocenters. The molecule has 0 saturated carbocycles. The van der Waals surface area contributed by atoms with Gasteiger partial charge >= 0.3 is 6.09 Å². The molecule has 2 heterocycles. The van der Waals surface area contributed by atoms with Gasteiger partial charge in [0.25, 0.3) is 0 Å². The number of nitrogens with zero attached hydrogens (tertiary/aromatic N) is 3. The van der Waals surface area contributed by atoms with Crippen LogP contribution in [0.5, 0.6) is 0 Å². The molecule has 1 aliphatic rings. The Morgan fingerprint density at radius 1 is 1.14 bits per heavy atom. The minimum atomic E-state index is -1.21. The van der Waals surface area contributed by atoms with Crippen LogP contribution in [-0.4, -0.2) is 81.6 Å². The summed E-state index contributed by atoms with van der Waals surface area (Å²) in [5.41, 5.74) is 2.49. The third-order valence-corrected chi connectivity index (χ3v) is 7.92. The Hall–Kier alpha value is -2.14. The van der Waals surface area contributed by atoms with Crippen LogP contribution in [0.25, 0.3) is 11.3 Å². The maximum Gasteiger partial charge on any atom is 0.411 e. The molecule has 37 heavy (non-hydrogen) atoms. The van der Waals surface area contributed by atoms with Crippen LogP contribution < -0.4 is 5.46 Å². The first-order valence-corrected chi connectivity index (χ1v) is 16.9. The van der Waals surface area contributed by atoms with E-state index in [2.05, 4.69) is 51.8 Å². The van der Waals surface area contributed by atoms with Crippen molar-refractivity contribution in [3.63, 3.8) is 0 Å². The molecule has 1 aromatic carbocycles. The number of hydrogen-bond donors (Lipinski definition) is 0. The number of hydrogen-bond acceptors (Lipinski definition) is 6. The van der Waals surface area contributed by atoms with Crippen molar-refractivity contribution in [1.29, 1.82) is 0 Å². The molecule has 1 aliphatic heterocycles. The zero-order valence-electron chi connectivity index (χ0n) is 23.9. The number of carbonyl (C=O) groups is 1.